The zero-order chi connectivity index (χ0) is 29.1. The first kappa shape index (κ1) is 29.0. The second-order valence-corrected chi connectivity index (χ2v) is 12.6. The number of likely N-dealkylation sites (N-methyl/N-ethyl adjacent to an activating group) is 1. The van der Waals surface area contributed by atoms with Crippen LogP contribution < -0.4 is 9.64 Å². The largest absolute Gasteiger partial charge is 0.462 e. The molecule has 0 bridgehead atoms. The molecule has 218 valence electrons. The first-order valence-corrected chi connectivity index (χ1v) is 14.8. The molecule has 5 rings (SSSR count). The number of carbonyl (C=O) groups is 1. The van der Waals surface area contributed by atoms with Crippen LogP contribution in [0.3, 0.4) is 0 Å². The maximum Gasteiger partial charge on any atom is 0.318 e. The number of ether oxygens (including phenoxy) is 1. The molecule has 1 amide bonds. The van der Waals surface area contributed by atoms with Gasteiger partial charge in [-0.2, -0.15) is 15.2 Å². The molecule has 0 saturated carbocycles. The van der Waals surface area contributed by atoms with Gasteiger partial charge < -0.3 is 19.4 Å². The molecule has 0 radical (unpaired) electrons. The maximum atomic E-state index is 12.5. The number of rotatable bonds is 8. The minimum Gasteiger partial charge on any atom is -0.462 e. The molecule has 1 aromatic carbocycles. The molecule has 3 aliphatic heterocycles. The van der Waals surface area contributed by atoms with Crippen LogP contribution >= 0.6 is 0 Å². The van der Waals surface area contributed by atoms with E-state index in [2.05, 4.69) is 79.4 Å². The average molecular weight is 558 g/mol. The van der Waals surface area contributed by atoms with E-state index in [0.717, 1.165) is 49.7 Å². The van der Waals surface area contributed by atoms with E-state index in [1.54, 1.807) is 4.90 Å². The number of piperazine rings is 1. The highest BCUT2D eigenvalue weighted by atomic mass is 16.5. The fraction of sp³-hybridized carbons (Fsp3) is 0.562. The van der Waals surface area contributed by atoms with E-state index in [0.29, 0.717) is 38.3 Å². The third-order valence-corrected chi connectivity index (χ3v) is 8.67. The third kappa shape index (κ3) is 6.39. The van der Waals surface area contributed by atoms with E-state index in [1.807, 2.05) is 0 Å². The van der Waals surface area contributed by atoms with Crippen molar-refractivity contribution >= 4 is 11.7 Å². The zero-order valence-electron chi connectivity index (χ0n) is 25.0. The summed E-state index contributed by atoms with van der Waals surface area (Å²) in [6.45, 7) is 16.0. The Hall–Kier alpha value is -3.48. The Morgan fingerprint density at radius 2 is 1.98 bits per heavy atom. The lowest BCUT2D eigenvalue weighted by molar-refractivity contribution is -0.128. The minimum atomic E-state index is -0.224. The summed E-state index contributed by atoms with van der Waals surface area (Å²) < 4.78 is 6.25. The van der Waals surface area contributed by atoms with Crippen LogP contribution in [0.4, 0.5) is 5.82 Å². The fourth-order valence-electron chi connectivity index (χ4n) is 6.44. The molecule has 0 unspecified atom stereocenters. The van der Waals surface area contributed by atoms with Gasteiger partial charge in [-0.1, -0.05) is 51.6 Å². The highest BCUT2D eigenvalue weighted by Crippen LogP contribution is 2.35. The number of benzene rings is 1. The summed E-state index contributed by atoms with van der Waals surface area (Å²) in [5, 5.41) is 9.51. The first-order chi connectivity index (χ1) is 19.7. The standard InChI is InChI=1S/C32H43N7O2/c1-6-29(40)39-17-16-38(19-24(39)13-14-33)30-26-20-37(18-23-10-7-8-12-27(23)32(2,3)4)21-28(26)34-31(35-30)41-22-25-11-9-15-36(25)5/h6-8,10,12,24-25H,1,9,11,13,15-22H2,2-5H3/t24-,25-/m0/s1. The van der Waals surface area contributed by atoms with Crippen molar-refractivity contribution in [1.82, 2.24) is 24.7 Å². The van der Waals surface area contributed by atoms with Gasteiger partial charge in [0.2, 0.25) is 5.91 Å². The van der Waals surface area contributed by atoms with Crippen molar-refractivity contribution in [3.05, 3.63) is 59.3 Å². The molecule has 3 aliphatic rings. The number of aromatic nitrogens is 2. The first-order valence-electron chi connectivity index (χ1n) is 14.8. The predicted molar refractivity (Wildman–Crippen MR) is 159 cm³/mol. The Labute approximate surface area is 244 Å². The molecular formula is C32H43N7O2. The van der Waals surface area contributed by atoms with Gasteiger partial charge in [0.25, 0.3) is 0 Å². The summed E-state index contributed by atoms with van der Waals surface area (Å²) in [6, 6.07) is 11.5. The van der Waals surface area contributed by atoms with Gasteiger partial charge in [0.05, 0.1) is 24.2 Å². The maximum absolute atomic E-state index is 12.5. The van der Waals surface area contributed by atoms with Gasteiger partial charge in [-0.05, 0) is 49.1 Å². The van der Waals surface area contributed by atoms with Gasteiger partial charge in [-0.15, -0.1) is 0 Å². The van der Waals surface area contributed by atoms with E-state index >= 15 is 0 Å². The minimum absolute atomic E-state index is 0.0564. The molecule has 1 aromatic heterocycles. The lowest BCUT2D eigenvalue weighted by Crippen LogP contribution is -2.55. The molecule has 2 atom stereocenters. The number of nitriles is 1. The van der Waals surface area contributed by atoms with Gasteiger partial charge in [0, 0.05) is 50.9 Å². The molecule has 0 spiro atoms. The molecule has 9 heteroatoms. The van der Waals surface area contributed by atoms with E-state index < -0.39 is 0 Å². The van der Waals surface area contributed by atoms with Gasteiger partial charge in [0.15, 0.2) is 0 Å². The van der Waals surface area contributed by atoms with E-state index in [4.69, 9.17) is 14.7 Å². The number of nitrogens with zero attached hydrogens (tertiary/aromatic N) is 7. The highest BCUT2D eigenvalue weighted by molar-refractivity contribution is 5.87. The summed E-state index contributed by atoms with van der Waals surface area (Å²) in [5.74, 6) is 0.733. The van der Waals surface area contributed by atoms with Crippen molar-refractivity contribution in [2.75, 3.05) is 44.7 Å². The summed E-state index contributed by atoms with van der Waals surface area (Å²) in [7, 11) is 2.14. The summed E-state index contributed by atoms with van der Waals surface area (Å²) in [6.07, 6.45) is 3.89. The SMILES string of the molecule is C=CC(=O)N1CCN(c2nc(OC[C@@H]3CCCN3C)nc3c2CN(Cc2ccccc2C(C)(C)C)C3)C[C@@H]1CC#N. The molecule has 2 fully saturated rings. The van der Waals surface area contributed by atoms with Crippen molar-refractivity contribution in [3.8, 4) is 12.1 Å². The van der Waals surface area contributed by atoms with Crippen LogP contribution in [0.1, 0.15) is 62.4 Å². The molecule has 2 saturated heterocycles. The molecule has 2 aromatic rings. The Morgan fingerprint density at radius 3 is 2.68 bits per heavy atom. The van der Waals surface area contributed by atoms with E-state index in [-0.39, 0.29) is 23.8 Å². The summed E-state index contributed by atoms with van der Waals surface area (Å²) >= 11 is 0. The smallest absolute Gasteiger partial charge is 0.318 e. The molecule has 9 nitrogen and oxygen atoms in total. The van der Waals surface area contributed by atoms with Gasteiger partial charge in [-0.25, -0.2) is 0 Å². The van der Waals surface area contributed by atoms with Crippen LogP contribution in [0.15, 0.2) is 36.9 Å². The van der Waals surface area contributed by atoms with E-state index in [9.17, 15) is 10.1 Å². The van der Waals surface area contributed by atoms with Crippen LogP contribution in [0.5, 0.6) is 6.01 Å². The summed E-state index contributed by atoms with van der Waals surface area (Å²) in [5.41, 5.74) is 4.85. The number of hydrogen-bond donors (Lipinski definition) is 0. The number of anilines is 1. The lowest BCUT2D eigenvalue weighted by Gasteiger charge is -2.41. The second-order valence-electron chi connectivity index (χ2n) is 12.6. The molecule has 41 heavy (non-hydrogen) atoms. The lowest BCUT2D eigenvalue weighted by atomic mass is 9.83. The van der Waals surface area contributed by atoms with Crippen molar-refractivity contribution in [3.63, 3.8) is 0 Å². The van der Waals surface area contributed by atoms with Crippen molar-refractivity contribution in [2.24, 2.45) is 0 Å². The Balaban J connectivity index is 1.42. The Morgan fingerprint density at radius 1 is 1.17 bits per heavy atom. The van der Waals surface area contributed by atoms with Crippen molar-refractivity contribution in [2.45, 2.75) is 77.2 Å². The Kier molecular flexibility index (Phi) is 8.62. The number of carbonyl (C=O) groups excluding carboxylic acids is 1. The monoisotopic (exact) mass is 557 g/mol. The Bertz CT molecular complexity index is 1310. The van der Waals surface area contributed by atoms with Crippen LogP contribution in [0, 0.1) is 11.3 Å². The van der Waals surface area contributed by atoms with Crippen molar-refractivity contribution in [1.29, 1.82) is 5.26 Å². The molecule has 0 aliphatic carbocycles. The van der Waals surface area contributed by atoms with Gasteiger partial charge in [-0.3, -0.25) is 9.69 Å². The molecule has 0 N–H and O–H groups in total. The zero-order valence-corrected chi connectivity index (χ0v) is 25.0. The fourth-order valence-corrected chi connectivity index (χ4v) is 6.44. The summed E-state index contributed by atoms with van der Waals surface area (Å²) in [4.78, 5) is 31.2. The van der Waals surface area contributed by atoms with Crippen LogP contribution in [0.2, 0.25) is 0 Å². The second kappa shape index (κ2) is 12.2. The highest BCUT2D eigenvalue weighted by Gasteiger charge is 2.35. The van der Waals surface area contributed by atoms with Crippen LogP contribution in [-0.2, 0) is 29.8 Å². The number of likely N-dealkylation sites (tertiary alicyclic amines) is 1. The van der Waals surface area contributed by atoms with Crippen LogP contribution in [0.25, 0.3) is 0 Å². The predicted octanol–water partition coefficient (Wildman–Crippen LogP) is 3.88. The third-order valence-electron chi connectivity index (χ3n) is 8.67. The molecule has 4 heterocycles. The number of fused-ring (bicyclic) bond motifs is 1. The van der Waals surface area contributed by atoms with Gasteiger partial charge >= 0.3 is 6.01 Å². The molecular weight excluding hydrogens is 514 g/mol. The van der Waals surface area contributed by atoms with Crippen LogP contribution in [-0.4, -0.2) is 82.5 Å². The van der Waals surface area contributed by atoms with Gasteiger partial charge in [0.1, 0.15) is 12.4 Å². The number of amides is 1. The van der Waals surface area contributed by atoms with Crippen molar-refractivity contribution < 1.29 is 9.53 Å². The average Bonchev–Trinajstić information content (AvgIpc) is 3.55. The topological polar surface area (TPSA) is 88.8 Å². The van der Waals surface area contributed by atoms with E-state index in [1.165, 1.54) is 23.6 Å². The number of hydrogen-bond acceptors (Lipinski definition) is 8. The quantitative estimate of drug-likeness (QED) is 0.452. The normalized spacial score (nSPS) is 21.5.